The molecule has 0 aliphatic heterocycles. The number of rotatable bonds is 9. The number of hydrogen-bond acceptors (Lipinski definition) is 3. The summed E-state index contributed by atoms with van der Waals surface area (Å²) in [4.78, 5) is 16.4. The number of carbonyl (C=O) groups excluding carboxylic acids is 1. The molecule has 1 atom stereocenters. The van der Waals surface area contributed by atoms with Crippen molar-refractivity contribution in [1.29, 1.82) is 0 Å². The summed E-state index contributed by atoms with van der Waals surface area (Å²) < 4.78 is 5.39. The number of methoxy groups -OCH3 is 1. The van der Waals surface area contributed by atoms with E-state index in [2.05, 4.69) is 39.1 Å². The van der Waals surface area contributed by atoms with Gasteiger partial charge < -0.3 is 20.7 Å². The summed E-state index contributed by atoms with van der Waals surface area (Å²) in [7, 11) is 3.45. The predicted molar refractivity (Wildman–Crippen MR) is 124 cm³/mol. The predicted octanol–water partition coefficient (Wildman–Crippen LogP) is 3.90. The van der Waals surface area contributed by atoms with Crippen molar-refractivity contribution >= 4 is 17.6 Å². The second kappa shape index (κ2) is 11.9. The van der Waals surface area contributed by atoms with Crippen molar-refractivity contribution in [2.24, 2.45) is 10.9 Å². The Morgan fingerprint density at radius 3 is 2.63 bits per heavy atom. The number of amides is 1. The minimum Gasteiger partial charge on any atom is -0.496 e. The first kappa shape index (κ1) is 23.3. The molecule has 30 heavy (non-hydrogen) atoms. The Labute approximate surface area is 180 Å². The molecule has 0 aliphatic carbocycles. The first-order chi connectivity index (χ1) is 14.5. The number of carbonyl (C=O) groups is 1. The molecule has 0 heterocycles. The van der Waals surface area contributed by atoms with E-state index in [-0.39, 0.29) is 11.8 Å². The number of anilines is 1. The van der Waals surface area contributed by atoms with Crippen LogP contribution in [0.3, 0.4) is 0 Å². The number of nitrogens with zero attached hydrogens (tertiary/aromatic N) is 1. The van der Waals surface area contributed by atoms with Crippen molar-refractivity contribution in [2.75, 3.05) is 26.0 Å². The van der Waals surface area contributed by atoms with Crippen LogP contribution in [0.2, 0.25) is 0 Å². The van der Waals surface area contributed by atoms with Gasteiger partial charge in [-0.15, -0.1) is 0 Å². The van der Waals surface area contributed by atoms with E-state index in [0.717, 1.165) is 47.9 Å². The van der Waals surface area contributed by atoms with Gasteiger partial charge in [0.1, 0.15) is 5.75 Å². The van der Waals surface area contributed by atoms with E-state index in [9.17, 15) is 4.79 Å². The van der Waals surface area contributed by atoms with Crippen LogP contribution in [0.4, 0.5) is 5.69 Å². The smallest absolute Gasteiger partial charge is 0.227 e. The number of ether oxygens (including phenoxy) is 1. The molecule has 1 amide bonds. The maximum Gasteiger partial charge on any atom is 0.227 e. The SMILES string of the molecule is CCC(C)C(=O)Nc1cccc(CNC(=NC)NCCc2ccc(C)c(OC)c2)c1. The van der Waals surface area contributed by atoms with E-state index in [1.165, 1.54) is 5.56 Å². The average Bonchev–Trinajstić information content (AvgIpc) is 2.76. The summed E-state index contributed by atoms with van der Waals surface area (Å²) in [5.74, 6) is 1.70. The molecule has 162 valence electrons. The van der Waals surface area contributed by atoms with Crippen molar-refractivity contribution in [3.63, 3.8) is 0 Å². The summed E-state index contributed by atoms with van der Waals surface area (Å²) >= 11 is 0. The maximum absolute atomic E-state index is 12.1. The molecule has 0 radical (unpaired) electrons. The summed E-state index contributed by atoms with van der Waals surface area (Å²) in [5, 5.41) is 9.64. The van der Waals surface area contributed by atoms with Crippen LogP contribution >= 0.6 is 0 Å². The molecule has 1 unspecified atom stereocenters. The molecule has 6 heteroatoms. The Morgan fingerprint density at radius 2 is 1.93 bits per heavy atom. The van der Waals surface area contributed by atoms with Crippen molar-refractivity contribution in [3.8, 4) is 5.75 Å². The molecule has 0 aliphatic rings. The van der Waals surface area contributed by atoms with E-state index >= 15 is 0 Å². The molecule has 2 rings (SSSR count). The lowest BCUT2D eigenvalue weighted by Crippen LogP contribution is -2.37. The summed E-state index contributed by atoms with van der Waals surface area (Å²) in [6.07, 6.45) is 1.69. The lowest BCUT2D eigenvalue weighted by molar-refractivity contribution is -0.119. The van der Waals surface area contributed by atoms with Crippen LogP contribution in [0.15, 0.2) is 47.5 Å². The number of benzene rings is 2. The zero-order valence-corrected chi connectivity index (χ0v) is 18.7. The first-order valence-electron chi connectivity index (χ1n) is 10.4. The molecule has 0 saturated carbocycles. The Bertz CT molecular complexity index is 864. The van der Waals surface area contributed by atoms with Gasteiger partial charge in [0.15, 0.2) is 5.96 Å². The van der Waals surface area contributed by atoms with Crippen LogP contribution in [-0.4, -0.2) is 32.6 Å². The third-order valence-corrected chi connectivity index (χ3v) is 5.12. The highest BCUT2D eigenvalue weighted by Crippen LogP contribution is 2.19. The minimum absolute atomic E-state index is 0.00306. The molecule has 2 aromatic rings. The van der Waals surface area contributed by atoms with Crippen LogP contribution in [0.25, 0.3) is 0 Å². The van der Waals surface area contributed by atoms with Gasteiger partial charge in [-0.25, -0.2) is 0 Å². The Hall–Kier alpha value is -3.02. The van der Waals surface area contributed by atoms with Gasteiger partial charge in [0, 0.05) is 31.7 Å². The molecule has 0 aromatic heterocycles. The fourth-order valence-electron chi connectivity index (χ4n) is 2.96. The zero-order valence-electron chi connectivity index (χ0n) is 18.7. The van der Waals surface area contributed by atoms with Crippen molar-refractivity contribution in [3.05, 3.63) is 59.2 Å². The second-order valence-electron chi connectivity index (χ2n) is 7.41. The number of aryl methyl sites for hydroxylation is 1. The lowest BCUT2D eigenvalue weighted by atomic mass is 10.1. The van der Waals surface area contributed by atoms with Crippen molar-refractivity contribution < 1.29 is 9.53 Å². The number of nitrogens with one attached hydrogen (secondary N) is 3. The van der Waals surface area contributed by atoms with Gasteiger partial charge in [-0.1, -0.05) is 38.1 Å². The molecule has 3 N–H and O–H groups in total. The highest BCUT2D eigenvalue weighted by atomic mass is 16.5. The van der Waals surface area contributed by atoms with Gasteiger partial charge in [0.25, 0.3) is 0 Å². The van der Waals surface area contributed by atoms with Crippen molar-refractivity contribution in [1.82, 2.24) is 10.6 Å². The highest BCUT2D eigenvalue weighted by Gasteiger charge is 2.10. The summed E-state index contributed by atoms with van der Waals surface area (Å²) in [6.45, 7) is 7.36. The van der Waals surface area contributed by atoms with Gasteiger partial charge in [0.2, 0.25) is 5.91 Å². The van der Waals surface area contributed by atoms with Gasteiger partial charge in [0.05, 0.1) is 7.11 Å². The standard InChI is InChI=1S/C24H34N4O2/c1-6-17(2)23(29)28-21-9-7-8-20(14-21)16-27-24(25-4)26-13-12-19-11-10-18(3)22(15-19)30-5/h7-11,14-15,17H,6,12-13,16H2,1-5H3,(H,28,29)(H2,25,26,27). The summed E-state index contributed by atoms with van der Waals surface area (Å²) in [6, 6.07) is 14.1. The van der Waals surface area contributed by atoms with E-state index in [1.54, 1.807) is 14.2 Å². The quantitative estimate of drug-likeness (QED) is 0.433. The van der Waals surface area contributed by atoms with Crippen LogP contribution in [0.1, 0.15) is 37.0 Å². The van der Waals surface area contributed by atoms with E-state index in [1.807, 2.05) is 45.0 Å². The Morgan fingerprint density at radius 1 is 1.13 bits per heavy atom. The fraction of sp³-hybridized carbons (Fsp3) is 0.417. The van der Waals surface area contributed by atoms with Crippen LogP contribution in [-0.2, 0) is 17.8 Å². The Kier molecular flexibility index (Phi) is 9.19. The summed E-state index contributed by atoms with van der Waals surface area (Å²) in [5.41, 5.74) is 4.23. The number of hydrogen-bond donors (Lipinski definition) is 3. The third kappa shape index (κ3) is 7.10. The van der Waals surface area contributed by atoms with E-state index in [4.69, 9.17) is 4.74 Å². The molecular formula is C24H34N4O2. The number of guanidine groups is 1. The van der Waals surface area contributed by atoms with Crippen LogP contribution < -0.4 is 20.7 Å². The molecule has 0 spiro atoms. The lowest BCUT2D eigenvalue weighted by Gasteiger charge is -2.14. The highest BCUT2D eigenvalue weighted by molar-refractivity contribution is 5.92. The fourth-order valence-corrected chi connectivity index (χ4v) is 2.96. The molecule has 0 fully saturated rings. The second-order valence-corrected chi connectivity index (χ2v) is 7.41. The molecule has 2 aromatic carbocycles. The van der Waals surface area contributed by atoms with E-state index < -0.39 is 0 Å². The molecule has 6 nitrogen and oxygen atoms in total. The largest absolute Gasteiger partial charge is 0.496 e. The Balaban J connectivity index is 1.84. The van der Waals surface area contributed by atoms with Crippen LogP contribution in [0.5, 0.6) is 5.75 Å². The van der Waals surface area contributed by atoms with Crippen LogP contribution in [0, 0.1) is 12.8 Å². The normalized spacial score (nSPS) is 12.2. The van der Waals surface area contributed by atoms with Crippen molar-refractivity contribution in [2.45, 2.75) is 40.2 Å². The molecular weight excluding hydrogens is 376 g/mol. The van der Waals surface area contributed by atoms with Gasteiger partial charge in [-0.3, -0.25) is 9.79 Å². The van der Waals surface area contributed by atoms with Gasteiger partial charge >= 0.3 is 0 Å². The van der Waals surface area contributed by atoms with Gasteiger partial charge in [-0.05, 0) is 54.7 Å². The van der Waals surface area contributed by atoms with E-state index in [0.29, 0.717) is 6.54 Å². The zero-order chi connectivity index (χ0) is 21.9. The molecule has 0 saturated heterocycles. The monoisotopic (exact) mass is 410 g/mol. The third-order valence-electron chi connectivity index (χ3n) is 5.12. The average molecular weight is 411 g/mol. The van der Waals surface area contributed by atoms with Gasteiger partial charge in [-0.2, -0.15) is 0 Å². The topological polar surface area (TPSA) is 74.8 Å². The minimum atomic E-state index is 0.00306. The maximum atomic E-state index is 12.1. The first-order valence-corrected chi connectivity index (χ1v) is 10.4. The molecule has 0 bridgehead atoms. The number of aliphatic imine (C=N–C) groups is 1.